The van der Waals surface area contributed by atoms with Crippen molar-refractivity contribution in [1.29, 1.82) is 0 Å². The van der Waals surface area contributed by atoms with Gasteiger partial charge in [-0.1, -0.05) is 19.8 Å². The molecule has 2 aromatic heterocycles. The van der Waals surface area contributed by atoms with E-state index < -0.39 is 5.82 Å². The molecule has 6 heteroatoms. The number of halogens is 1. The zero-order chi connectivity index (χ0) is 17.8. The average Bonchev–Trinajstić information content (AvgIpc) is 2.64. The van der Waals surface area contributed by atoms with Gasteiger partial charge in [0.1, 0.15) is 5.82 Å². The van der Waals surface area contributed by atoms with Crippen molar-refractivity contribution < 1.29 is 9.13 Å². The molecule has 3 aromatic rings. The number of rotatable bonds is 6. The van der Waals surface area contributed by atoms with Crippen molar-refractivity contribution in [3.05, 3.63) is 53.0 Å². The highest BCUT2D eigenvalue weighted by Crippen LogP contribution is 2.24. The van der Waals surface area contributed by atoms with E-state index in [-0.39, 0.29) is 16.9 Å². The molecular formula is C19H20FN3O2. The summed E-state index contributed by atoms with van der Waals surface area (Å²) in [6, 6.07) is 4.72. The Balaban J connectivity index is 2.01. The first-order valence-electron chi connectivity index (χ1n) is 8.33. The number of ether oxygens (including phenoxy) is 1. The second-order valence-corrected chi connectivity index (χ2v) is 5.89. The van der Waals surface area contributed by atoms with Crippen molar-refractivity contribution >= 4 is 10.8 Å². The molecule has 0 unspecified atom stereocenters. The number of hydrogen-bond donors (Lipinski definition) is 0. The highest BCUT2D eigenvalue weighted by molar-refractivity contribution is 5.85. The minimum absolute atomic E-state index is 0.172. The van der Waals surface area contributed by atoms with Gasteiger partial charge in [-0.25, -0.2) is 14.4 Å². The number of aromatic nitrogens is 3. The summed E-state index contributed by atoms with van der Waals surface area (Å²) < 4.78 is 21.2. The molecular weight excluding hydrogens is 321 g/mol. The van der Waals surface area contributed by atoms with Gasteiger partial charge in [-0.3, -0.25) is 4.79 Å². The van der Waals surface area contributed by atoms with E-state index in [4.69, 9.17) is 4.74 Å². The Hall–Kier alpha value is -2.76. The first-order chi connectivity index (χ1) is 12.1. The number of aryl methyl sites for hydroxylation is 1. The summed E-state index contributed by atoms with van der Waals surface area (Å²) in [7, 11) is 1.51. The maximum absolute atomic E-state index is 14.5. The van der Waals surface area contributed by atoms with Crippen LogP contribution in [0.4, 0.5) is 4.39 Å². The van der Waals surface area contributed by atoms with Gasteiger partial charge in [-0.2, -0.15) is 0 Å². The van der Waals surface area contributed by atoms with Crippen LogP contribution < -0.4 is 10.3 Å². The Labute approximate surface area is 145 Å². The fourth-order valence-corrected chi connectivity index (χ4v) is 2.75. The maximum atomic E-state index is 14.5. The van der Waals surface area contributed by atoms with E-state index in [1.165, 1.54) is 25.6 Å². The third-order valence-electron chi connectivity index (χ3n) is 4.17. The van der Waals surface area contributed by atoms with Crippen molar-refractivity contribution in [3.63, 3.8) is 0 Å². The topological polar surface area (TPSA) is 57.0 Å². The fraction of sp³-hybridized carbons (Fsp3) is 0.316. The lowest BCUT2D eigenvalue weighted by molar-refractivity contribution is 0.411. The van der Waals surface area contributed by atoms with Crippen LogP contribution >= 0.6 is 0 Å². The Morgan fingerprint density at radius 1 is 1.20 bits per heavy atom. The van der Waals surface area contributed by atoms with Gasteiger partial charge in [0.15, 0.2) is 11.6 Å². The molecule has 25 heavy (non-hydrogen) atoms. The van der Waals surface area contributed by atoms with E-state index in [1.807, 2.05) is 6.07 Å². The normalized spacial score (nSPS) is 11.0. The SMILES string of the molecule is CCCCCn1ccc2cc(-c3ncc(OC)cn3)c(F)cc2c1=O. The molecule has 5 nitrogen and oxygen atoms in total. The molecule has 0 aliphatic heterocycles. The average molecular weight is 341 g/mol. The fourth-order valence-electron chi connectivity index (χ4n) is 2.75. The van der Waals surface area contributed by atoms with Gasteiger partial charge in [0, 0.05) is 12.7 Å². The van der Waals surface area contributed by atoms with Crippen molar-refractivity contribution in [2.45, 2.75) is 32.7 Å². The number of methoxy groups -OCH3 is 1. The van der Waals surface area contributed by atoms with Crippen LogP contribution in [0.5, 0.6) is 5.75 Å². The molecule has 130 valence electrons. The van der Waals surface area contributed by atoms with E-state index in [2.05, 4.69) is 16.9 Å². The minimum atomic E-state index is -0.513. The van der Waals surface area contributed by atoms with E-state index in [0.717, 1.165) is 19.3 Å². The summed E-state index contributed by atoms with van der Waals surface area (Å²) in [5.74, 6) is 0.244. The van der Waals surface area contributed by atoms with Crippen molar-refractivity contribution in [3.8, 4) is 17.1 Å². The van der Waals surface area contributed by atoms with Gasteiger partial charge in [-0.05, 0) is 30.0 Å². The zero-order valence-electron chi connectivity index (χ0n) is 14.3. The summed E-state index contributed by atoms with van der Waals surface area (Å²) >= 11 is 0. The lowest BCUT2D eigenvalue weighted by atomic mass is 10.1. The summed E-state index contributed by atoms with van der Waals surface area (Å²) in [5.41, 5.74) is 0.0907. The lowest BCUT2D eigenvalue weighted by Crippen LogP contribution is -2.19. The number of pyridine rings is 1. The van der Waals surface area contributed by atoms with Gasteiger partial charge in [0.25, 0.3) is 5.56 Å². The molecule has 0 atom stereocenters. The van der Waals surface area contributed by atoms with Gasteiger partial charge in [0.2, 0.25) is 0 Å². The predicted molar refractivity (Wildman–Crippen MR) is 95.3 cm³/mol. The summed E-state index contributed by atoms with van der Waals surface area (Å²) in [5, 5.41) is 1.04. The molecule has 0 saturated carbocycles. The van der Waals surface area contributed by atoms with Crippen LogP contribution in [0.25, 0.3) is 22.2 Å². The van der Waals surface area contributed by atoms with Crippen LogP contribution in [0.1, 0.15) is 26.2 Å². The van der Waals surface area contributed by atoms with Crippen LogP contribution in [-0.4, -0.2) is 21.6 Å². The molecule has 0 saturated heterocycles. The van der Waals surface area contributed by atoms with Crippen LogP contribution in [-0.2, 0) is 6.54 Å². The second-order valence-electron chi connectivity index (χ2n) is 5.89. The van der Waals surface area contributed by atoms with E-state index in [0.29, 0.717) is 23.1 Å². The number of fused-ring (bicyclic) bond motifs is 1. The third kappa shape index (κ3) is 3.52. The quantitative estimate of drug-likeness (QED) is 0.640. The monoisotopic (exact) mass is 341 g/mol. The van der Waals surface area contributed by atoms with Crippen molar-refractivity contribution in [1.82, 2.24) is 14.5 Å². The largest absolute Gasteiger partial charge is 0.494 e. The number of unbranched alkanes of at least 4 members (excludes halogenated alkanes) is 2. The van der Waals surface area contributed by atoms with E-state index in [1.54, 1.807) is 16.8 Å². The molecule has 0 amide bonds. The van der Waals surface area contributed by atoms with Crippen molar-refractivity contribution in [2.75, 3.05) is 7.11 Å². The highest BCUT2D eigenvalue weighted by Gasteiger charge is 2.12. The van der Waals surface area contributed by atoms with Crippen LogP contribution in [0, 0.1) is 5.82 Å². The molecule has 0 bridgehead atoms. The molecule has 0 aliphatic rings. The Morgan fingerprint density at radius 2 is 1.96 bits per heavy atom. The Bertz CT molecular complexity index is 936. The Morgan fingerprint density at radius 3 is 2.64 bits per heavy atom. The van der Waals surface area contributed by atoms with Crippen LogP contribution in [0.15, 0.2) is 41.6 Å². The minimum Gasteiger partial charge on any atom is -0.494 e. The standard InChI is InChI=1S/C19H20FN3O2/c1-3-4-5-7-23-8-6-13-9-16(17(20)10-15(13)19(23)24)18-21-11-14(25-2)12-22-18/h6,8-12H,3-5,7H2,1-2H3. The summed E-state index contributed by atoms with van der Waals surface area (Å²) in [6.07, 6.45) is 7.81. The van der Waals surface area contributed by atoms with Gasteiger partial charge >= 0.3 is 0 Å². The van der Waals surface area contributed by atoms with Gasteiger partial charge in [-0.15, -0.1) is 0 Å². The van der Waals surface area contributed by atoms with Crippen molar-refractivity contribution in [2.24, 2.45) is 0 Å². The summed E-state index contributed by atoms with van der Waals surface area (Å²) in [4.78, 5) is 20.8. The molecule has 0 N–H and O–H groups in total. The van der Waals surface area contributed by atoms with Crippen LogP contribution in [0.3, 0.4) is 0 Å². The number of hydrogen-bond acceptors (Lipinski definition) is 4. The smallest absolute Gasteiger partial charge is 0.258 e. The molecule has 0 radical (unpaired) electrons. The lowest BCUT2D eigenvalue weighted by Gasteiger charge is -2.09. The van der Waals surface area contributed by atoms with Gasteiger partial charge in [0.05, 0.1) is 30.5 Å². The molecule has 0 aliphatic carbocycles. The highest BCUT2D eigenvalue weighted by atomic mass is 19.1. The van der Waals surface area contributed by atoms with Crippen LogP contribution in [0.2, 0.25) is 0 Å². The molecule has 3 rings (SSSR count). The first kappa shape index (κ1) is 17.1. The molecule has 2 heterocycles. The predicted octanol–water partition coefficient (Wildman–Crippen LogP) is 3.80. The molecule has 0 fully saturated rings. The van der Waals surface area contributed by atoms with Gasteiger partial charge < -0.3 is 9.30 Å². The second kappa shape index (κ2) is 7.42. The third-order valence-corrected chi connectivity index (χ3v) is 4.17. The van der Waals surface area contributed by atoms with E-state index in [9.17, 15) is 9.18 Å². The molecule has 0 spiro atoms. The summed E-state index contributed by atoms with van der Waals surface area (Å²) in [6.45, 7) is 2.76. The zero-order valence-corrected chi connectivity index (χ0v) is 14.3. The number of benzene rings is 1. The first-order valence-corrected chi connectivity index (χ1v) is 8.33. The number of nitrogens with zero attached hydrogens (tertiary/aromatic N) is 3. The molecule has 1 aromatic carbocycles. The van der Waals surface area contributed by atoms with E-state index >= 15 is 0 Å². The Kier molecular flexibility index (Phi) is 5.07. The maximum Gasteiger partial charge on any atom is 0.258 e.